The quantitative estimate of drug-likeness (QED) is 0.392. The molecule has 0 bridgehead atoms. The molecule has 1 rings (SSSR count). The maximum atomic E-state index is 12.0. The zero-order valence-electron chi connectivity index (χ0n) is 12.8. The van der Waals surface area contributed by atoms with Gasteiger partial charge in [0.05, 0.1) is 5.75 Å². The van der Waals surface area contributed by atoms with Crippen LogP contribution >= 0.6 is 11.8 Å². The fourth-order valence-corrected chi connectivity index (χ4v) is 4.69. The van der Waals surface area contributed by atoms with Crippen LogP contribution < -0.4 is 10.5 Å². The van der Waals surface area contributed by atoms with Crippen LogP contribution in [0.5, 0.6) is 0 Å². The molecule has 0 fully saturated rings. The number of unbranched alkanes of at least 4 members (excludes halogenated alkanes) is 2. The zero-order valence-corrected chi connectivity index (χ0v) is 14.5. The first-order valence-corrected chi connectivity index (χ1v) is 10.0. The average Bonchev–Trinajstić information content (AvgIpc) is 2.38. The van der Waals surface area contributed by atoms with Crippen molar-refractivity contribution in [1.82, 2.24) is 4.72 Å². The molecule has 6 heteroatoms. The molecule has 1 atom stereocenters. The Kier molecular flexibility index (Phi) is 8.14. The predicted molar refractivity (Wildman–Crippen MR) is 92.1 cm³/mol. The topological polar surface area (TPSA) is 72.2 Å². The number of benzene rings is 1. The molecule has 0 aliphatic rings. The molecule has 1 unspecified atom stereocenters. The van der Waals surface area contributed by atoms with Gasteiger partial charge in [0.25, 0.3) is 0 Å². The second-order valence-corrected chi connectivity index (χ2v) is 8.30. The summed E-state index contributed by atoms with van der Waals surface area (Å²) in [6.07, 6.45) is 4.27. The molecule has 0 saturated carbocycles. The van der Waals surface area contributed by atoms with Gasteiger partial charge in [-0.3, -0.25) is 0 Å². The van der Waals surface area contributed by atoms with E-state index >= 15 is 0 Å². The normalized spacial score (nSPS) is 13.2. The first kappa shape index (κ1) is 18.3. The lowest BCUT2D eigenvalue weighted by Gasteiger charge is -2.13. The number of hydrogen-bond donors (Lipinski definition) is 2. The first-order valence-electron chi connectivity index (χ1n) is 7.41. The van der Waals surface area contributed by atoms with Crippen molar-refractivity contribution in [3.05, 3.63) is 24.3 Å². The van der Waals surface area contributed by atoms with Gasteiger partial charge in [-0.15, -0.1) is 11.8 Å². The number of sulfonamides is 1. The molecule has 3 N–H and O–H groups in total. The maximum Gasteiger partial charge on any atom is 0.212 e. The summed E-state index contributed by atoms with van der Waals surface area (Å²) in [4.78, 5) is 1.00. The third-order valence-electron chi connectivity index (χ3n) is 3.10. The standard InChI is InChI=1S/C15H26N2O2S2/c1-3-4-5-7-13(2)17-21(18,19)11-10-20-15-9-6-8-14(16)12-15/h6,8-9,12-13,17H,3-5,7,10-11,16H2,1-2H3. The largest absolute Gasteiger partial charge is 0.399 e. The third kappa shape index (κ3) is 8.34. The minimum atomic E-state index is -3.20. The Morgan fingerprint density at radius 1 is 1.33 bits per heavy atom. The van der Waals surface area contributed by atoms with Crippen molar-refractivity contribution in [2.75, 3.05) is 17.2 Å². The fourth-order valence-electron chi connectivity index (χ4n) is 2.00. The van der Waals surface area contributed by atoms with Gasteiger partial charge in [-0.05, 0) is 31.5 Å². The smallest absolute Gasteiger partial charge is 0.212 e. The van der Waals surface area contributed by atoms with Crippen molar-refractivity contribution in [2.24, 2.45) is 0 Å². The molecule has 0 radical (unpaired) electrons. The van der Waals surface area contributed by atoms with Gasteiger partial charge in [0.2, 0.25) is 10.0 Å². The van der Waals surface area contributed by atoms with Crippen molar-refractivity contribution in [2.45, 2.75) is 50.5 Å². The van der Waals surface area contributed by atoms with E-state index < -0.39 is 10.0 Å². The highest BCUT2D eigenvalue weighted by Crippen LogP contribution is 2.20. The molecule has 0 aliphatic carbocycles. The van der Waals surface area contributed by atoms with Gasteiger partial charge in [-0.2, -0.15) is 0 Å². The Morgan fingerprint density at radius 2 is 2.10 bits per heavy atom. The number of nitrogens with two attached hydrogens (primary N) is 1. The third-order valence-corrected chi connectivity index (χ3v) is 5.86. The van der Waals surface area contributed by atoms with Gasteiger partial charge in [-0.25, -0.2) is 13.1 Å². The molecule has 4 nitrogen and oxygen atoms in total. The van der Waals surface area contributed by atoms with Crippen molar-refractivity contribution >= 4 is 27.5 Å². The van der Waals surface area contributed by atoms with Gasteiger partial charge in [0.15, 0.2) is 0 Å². The lowest BCUT2D eigenvalue weighted by atomic mass is 10.1. The van der Waals surface area contributed by atoms with Crippen LogP contribution in [0, 0.1) is 0 Å². The molecule has 1 aromatic rings. The molecule has 0 aliphatic heterocycles. The van der Waals surface area contributed by atoms with Crippen molar-refractivity contribution in [1.29, 1.82) is 0 Å². The lowest BCUT2D eigenvalue weighted by molar-refractivity contribution is 0.528. The molecule has 0 aromatic heterocycles. The van der Waals surface area contributed by atoms with Crippen LogP contribution in [0.25, 0.3) is 0 Å². The Labute approximate surface area is 132 Å². The van der Waals surface area contributed by atoms with E-state index in [0.717, 1.165) is 30.6 Å². The van der Waals surface area contributed by atoms with E-state index in [1.807, 2.05) is 31.2 Å². The average molecular weight is 331 g/mol. The minimum absolute atomic E-state index is 0.0129. The highest BCUT2D eigenvalue weighted by molar-refractivity contribution is 8.00. The molecular weight excluding hydrogens is 304 g/mol. The molecule has 0 spiro atoms. The van der Waals surface area contributed by atoms with Gasteiger partial charge in [-0.1, -0.05) is 32.3 Å². The summed E-state index contributed by atoms with van der Waals surface area (Å²) < 4.78 is 26.7. The van der Waals surface area contributed by atoms with E-state index in [9.17, 15) is 8.42 Å². The Hall–Kier alpha value is -0.720. The molecule has 21 heavy (non-hydrogen) atoms. The number of hydrogen-bond acceptors (Lipinski definition) is 4. The Balaban J connectivity index is 2.32. The lowest BCUT2D eigenvalue weighted by Crippen LogP contribution is -2.34. The van der Waals surface area contributed by atoms with Crippen LogP contribution in [0.3, 0.4) is 0 Å². The summed E-state index contributed by atoms with van der Waals surface area (Å²) in [5.41, 5.74) is 6.40. The SMILES string of the molecule is CCCCCC(C)NS(=O)(=O)CCSc1cccc(N)c1. The van der Waals surface area contributed by atoms with E-state index in [1.165, 1.54) is 11.8 Å². The van der Waals surface area contributed by atoms with Crippen LogP contribution in [0.4, 0.5) is 5.69 Å². The number of thioether (sulfide) groups is 1. The molecule has 1 aromatic carbocycles. The maximum absolute atomic E-state index is 12.0. The summed E-state index contributed by atoms with van der Waals surface area (Å²) in [7, 11) is -3.20. The highest BCUT2D eigenvalue weighted by atomic mass is 32.2. The molecule has 0 heterocycles. The van der Waals surface area contributed by atoms with Gasteiger partial charge >= 0.3 is 0 Å². The molecule has 0 saturated heterocycles. The monoisotopic (exact) mass is 330 g/mol. The van der Waals surface area contributed by atoms with E-state index in [1.54, 1.807) is 0 Å². The summed E-state index contributed by atoms with van der Waals surface area (Å²) in [6, 6.07) is 7.51. The zero-order chi connectivity index (χ0) is 15.7. The summed E-state index contributed by atoms with van der Waals surface area (Å²) in [6.45, 7) is 4.07. The highest BCUT2D eigenvalue weighted by Gasteiger charge is 2.14. The van der Waals surface area contributed by atoms with Crippen molar-refractivity contribution in [3.63, 3.8) is 0 Å². The van der Waals surface area contributed by atoms with E-state index in [2.05, 4.69) is 11.6 Å². The Morgan fingerprint density at radius 3 is 2.76 bits per heavy atom. The van der Waals surface area contributed by atoms with Crippen LogP contribution in [0.1, 0.15) is 39.5 Å². The molecule has 0 amide bonds. The van der Waals surface area contributed by atoms with Gasteiger partial charge in [0.1, 0.15) is 0 Å². The van der Waals surface area contributed by atoms with Crippen LogP contribution in [-0.4, -0.2) is 26.0 Å². The molecular formula is C15H26N2O2S2. The van der Waals surface area contributed by atoms with Crippen molar-refractivity contribution < 1.29 is 8.42 Å². The Bertz CT molecular complexity index is 518. The number of nitrogens with one attached hydrogen (secondary N) is 1. The summed E-state index contributed by atoms with van der Waals surface area (Å²) >= 11 is 1.51. The number of rotatable bonds is 10. The van der Waals surface area contributed by atoms with Gasteiger partial charge in [0, 0.05) is 22.4 Å². The first-order chi connectivity index (χ1) is 9.93. The van der Waals surface area contributed by atoms with E-state index in [-0.39, 0.29) is 11.8 Å². The minimum Gasteiger partial charge on any atom is -0.399 e. The van der Waals surface area contributed by atoms with E-state index in [0.29, 0.717) is 11.4 Å². The van der Waals surface area contributed by atoms with Crippen LogP contribution in [0.15, 0.2) is 29.2 Å². The number of nitrogen functional groups attached to an aromatic ring is 1. The second kappa shape index (κ2) is 9.33. The van der Waals surface area contributed by atoms with E-state index in [4.69, 9.17) is 5.73 Å². The second-order valence-electron chi connectivity index (χ2n) is 5.25. The molecule has 120 valence electrons. The predicted octanol–water partition coefficient (Wildman–Crippen LogP) is 3.25. The summed E-state index contributed by atoms with van der Waals surface area (Å²) in [5.74, 6) is 0.658. The van der Waals surface area contributed by atoms with Crippen molar-refractivity contribution in [3.8, 4) is 0 Å². The van der Waals surface area contributed by atoms with Gasteiger partial charge < -0.3 is 5.73 Å². The number of anilines is 1. The van der Waals surface area contributed by atoms with Crippen LogP contribution in [-0.2, 0) is 10.0 Å². The summed E-state index contributed by atoms with van der Waals surface area (Å²) in [5, 5.41) is 0. The fraction of sp³-hybridized carbons (Fsp3) is 0.600. The van der Waals surface area contributed by atoms with Crippen LogP contribution in [0.2, 0.25) is 0 Å².